The number of nitrogens with zero attached hydrogens (tertiary/aromatic N) is 3. The van der Waals surface area contributed by atoms with Crippen molar-refractivity contribution in [1.29, 1.82) is 0 Å². The highest BCUT2D eigenvalue weighted by molar-refractivity contribution is 7.20. The zero-order chi connectivity index (χ0) is 15.9. The van der Waals surface area contributed by atoms with E-state index in [4.69, 9.17) is 0 Å². The third kappa shape index (κ3) is 3.39. The molecular formula is C16H25ClN4OS. The zero-order valence-corrected chi connectivity index (χ0v) is 15.8. The van der Waals surface area contributed by atoms with E-state index in [0.717, 1.165) is 46.8 Å². The highest BCUT2D eigenvalue weighted by Crippen LogP contribution is 2.32. The Balaban J connectivity index is 0.00000192. The lowest BCUT2D eigenvalue weighted by Gasteiger charge is -2.15. The lowest BCUT2D eigenvalue weighted by Crippen LogP contribution is -2.29. The number of fused-ring (bicyclic) bond motifs is 1. The molecule has 0 aromatic carbocycles. The molecule has 1 atom stereocenters. The van der Waals surface area contributed by atoms with Crippen LogP contribution in [-0.4, -0.2) is 47.3 Å². The molecule has 1 unspecified atom stereocenters. The second kappa shape index (κ2) is 7.20. The quantitative estimate of drug-likeness (QED) is 0.916. The molecule has 5 nitrogen and oxygen atoms in total. The second-order valence-electron chi connectivity index (χ2n) is 6.46. The molecule has 1 saturated heterocycles. The number of aryl methyl sites for hydroxylation is 1. The van der Waals surface area contributed by atoms with Crippen LogP contribution >= 0.6 is 23.7 Å². The normalized spacial score (nSPS) is 18.0. The summed E-state index contributed by atoms with van der Waals surface area (Å²) in [5, 5.41) is 8.92. The average Bonchev–Trinajstić information content (AvgIpc) is 3.15. The van der Waals surface area contributed by atoms with Gasteiger partial charge in [0.25, 0.3) is 5.91 Å². The first kappa shape index (κ1) is 18.2. The minimum absolute atomic E-state index is 0. The molecular weight excluding hydrogens is 332 g/mol. The number of aromatic nitrogens is 2. The number of halogens is 1. The van der Waals surface area contributed by atoms with Crippen LogP contribution < -0.4 is 5.32 Å². The van der Waals surface area contributed by atoms with Gasteiger partial charge in [-0.1, -0.05) is 13.8 Å². The maximum atomic E-state index is 12.7. The van der Waals surface area contributed by atoms with E-state index in [0.29, 0.717) is 11.8 Å². The number of rotatable bonds is 4. The number of hydrogen-bond donors (Lipinski definition) is 1. The third-order valence-corrected chi connectivity index (χ3v) is 5.55. The van der Waals surface area contributed by atoms with Crippen molar-refractivity contribution in [1.82, 2.24) is 20.0 Å². The molecule has 0 spiro atoms. The van der Waals surface area contributed by atoms with Crippen molar-refractivity contribution in [2.24, 2.45) is 13.0 Å². The largest absolute Gasteiger partial charge is 0.338 e. The number of nitrogens with one attached hydrogen (secondary N) is 1. The van der Waals surface area contributed by atoms with Gasteiger partial charge in [-0.25, -0.2) is 0 Å². The lowest BCUT2D eigenvalue weighted by atomic mass is 10.1. The Morgan fingerprint density at radius 3 is 2.91 bits per heavy atom. The number of likely N-dealkylation sites (tertiary alicyclic amines) is 1. The summed E-state index contributed by atoms with van der Waals surface area (Å²) in [6.07, 6.45) is 1.09. The van der Waals surface area contributed by atoms with Crippen molar-refractivity contribution in [3.05, 3.63) is 16.6 Å². The Hall–Kier alpha value is -1.11. The van der Waals surface area contributed by atoms with Gasteiger partial charge in [0.05, 0.1) is 10.6 Å². The molecule has 1 amide bonds. The van der Waals surface area contributed by atoms with Crippen molar-refractivity contribution >= 4 is 39.9 Å². The van der Waals surface area contributed by atoms with Gasteiger partial charge in [0.1, 0.15) is 4.83 Å². The van der Waals surface area contributed by atoms with E-state index in [9.17, 15) is 4.79 Å². The van der Waals surface area contributed by atoms with Crippen molar-refractivity contribution in [2.75, 3.05) is 26.7 Å². The van der Waals surface area contributed by atoms with Crippen LogP contribution in [0.4, 0.5) is 0 Å². The van der Waals surface area contributed by atoms with Gasteiger partial charge in [0.15, 0.2) is 0 Å². The Labute approximate surface area is 147 Å². The fourth-order valence-corrected chi connectivity index (χ4v) is 4.27. The predicted octanol–water partition coefficient (Wildman–Crippen LogP) is 2.86. The van der Waals surface area contributed by atoms with E-state index in [2.05, 4.69) is 24.3 Å². The van der Waals surface area contributed by atoms with E-state index < -0.39 is 0 Å². The van der Waals surface area contributed by atoms with Crippen LogP contribution in [-0.2, 0) is 7.05 Å². The van der Waals surface area contributed by atoms with E-state index in [1.807, 2.05) is 29.7 Å². The van der Waals surface area contributed by atoms with E-state index in [1.165, 1.54) is 0 Å². The smallest absolute Gasteiger partial charge is 0.264 e. The number of carbonyl (C=O) groups excluding carboxylic acids is 1. The highest BCUT2D eigenvalue weighted by Gasteiger charge is 2.28. The molecule has 3 rings (SSSR count). The summed E-state index contributed by atoms with van der Waals surface area (Å²) in [5.41, 5.74) is 1.09. The van der Waals surface area contributed by atoms with Gasteiger partial charge >= 0.3 is 0 Å². The molecule has 23 heavy (non-hydrogen) atoms. The Morgan fingerprint density at radius 2 is 2.26 bits per heavy atom. The second-order valence-corrected chi connectivity index (χ2v) is 7.49. The SMILES string of the molecule is CNCC1CCN(C(=O)c2cc3c(C(C)C)nn(C)c3s2)C1.Cl. The van der Waals surface area contributed by atoms with Crippen LogP contribution in [0.25, 0.3) is 10.2 Å². The summed E-state index contributed by atoms with van der Waals surface area (Å²) in [7, 11) is 3.93. The van der Waals surface area contributed by atoms with Crippen LogP contribution in [0.1, 0.15) is 41.6 Å². The zero-order valence-electron chi connectivity index (χ0n) is 14.1. The van der Waals surface area contributed by atoms with Crippen LogP contribution in [0.2, 0.25) is 0 Å². The first-order chi connectivity index (χ1) is 10.5. The van der Waals surface area contributed by atoms with Gasteiger partial charge in [-0.15, -0.1) is 23.7 Å². The van der Waals surface area contributed by atoms with E-state index >= 15 is 0 Å². The summed E-state index contributed by atoms with van der Waals surface area (Å²) < 4.78 is 1.90. The van der Waals surface area contributed by atoms with Crippen LogP contribution in [0.3, 0.4) is 0 Å². The first-order valence-corrected chi connectivity index (χ1v) is 8.73. The predicted molar refractivity (Wildman–Crippen MR) is 97.9 cm³/mol. The monoisotopic (exact) mass is 356 g/mol. The minimum Gasteiger partial charge on any atom is -0.338 e. The molecule has 1 aliphatic rings. The van der Waals surface area contributed by atoms with Gasteiger partial charge in [-0.2, -0.15) is 5.10 Å². The summed E-state index contributed by atoms with van der Waals surface area (Å²) >= 11 is 1.57. The summed E-state index contributed by atoms with van der Waals surface area (Å²) in [6, 6.07) is 2.04. The van der Waals surface area contributed by atoms with Crippen molar-refractivity contribution in [3.63, 3.8) is 0 Å². The minimum atomic E-state index is 0. The van der Waals surface area contributed by atoms with Crippen molar-refractivity contribution in [3.8, 4) is 0 Å². The topological polar surface area (TPSA) is 50.2 Å². The maximum Gasteiger partial charge on any atom is 0.264 e. The summed E-state index contributed by atoms with van der Waals surface area (Å²) in [6.45, 7) is 7.00. The Bertz CT molecular complexity index is 694. The van der Waals surface area contributed by atoms with Crippen molar-refractivity contribution in [2.45, 2.75) is 26.2 Å². The Kier molecular flexibility index (Phi) is 5.70. The van der Waals surface area contributed by atoms with Gasteiger partial charge in [-0.05, 0) is 37.9 Å². The first-order valence-electron chi connectivity index (χ1n) is 7.91. The van der Waals surface area contributed by atoms with Gasteiger partial charge in [-0.3, -0.25) is 9.48 Å². The molecule has 128 valence electrons. The number of carbonyl (C=O) groups is 1. The molecule has 2 aromatic rings. The summed E-state index contributed by atoms with van der Waals surface area (Å²) in [5.74, 6) is 1.12. The highest BCUT2D eigenvalue weighted by atomic mass is 35.5. The van der Waals surface area contributed by atoms with Gasteiger partial charge in [0.2, 0.25) is 0 Å². The molecule has 3 heterocycles. The fraction of sp³-hybridized carbons (Fsp3) is 0.625. The molecule has 0 aliphatic carbocycles. The van der Waals surface area contributed by atoms with Gasteiger partial charge < -0.3 is 10.2 Å². The number of hydrogen-bond acceptors (Lipinski definition) is 4. The van der Waals surface area contributed by atoms with E-state index in [-0.39, 0.29) is 18.3 Å². The molecule has 7 heteroatoms. The molecule has 0 saturated carbocycles. The lowest BCUT2D eigenvalue weighted by molar-refractivity contribution is 0.0792. The van der Waals surface area contributed by atoms with Crippen LogP contribution in [0.15, 0.2) is 6.07 Å². The molecule has 0 bridgehead atoms. The molecule has 1 aliphatic heterocycles. The maximum absolute atomic E-state index is 12.7. The average molecular weight is 357 g/mol. The van der Waals surface area contributed by atoms with Crippen molar-refractivity contribution < 1.29 is 4.79 Å². The third-order valence-electron chi connectivity index (χ3n) is 4.36. The molecule has 2 aromatic heterocycles. The Morgan fingerprint density at radius 1 is 1.52 bits per heavy atom. The number of amides is 1. The number of thiophene rings is 1. The van der Waals surface area contributed by atoms with Gasteiger partial charge in [0, 0.05) is 25.5 Å². The van der Waals surface area contributed by atoms with Crippen LogP contribution in [0.5, 0.6) is 0 Å². The molecule has 1 fully saturated rings. The molecule has 0 radical (unpaired) electrons. The molecule has 1 N–H and O–H groups in total. The fourth-order valence-electron chi connectivity index (χ4n) is 3.23. The standard InChI is InChI=1S/C16H24N4OS.ClH/c1-10(2)14-12-7-13(22-16(12)19(4)18-14)15(21)20-6-5-11(9-20)8-17-3;/h7,10-11,17H,5-6,8-9H2,1-4H3;1H. The van der Waals surface area contributed by atoms with E-state index in [1.54, 1.807) is 11.3 Å². The van der Waals surface area contributed by atoms with Crippen LogP contribution in [0, 0.1) is 5.92 Å². The summed E-state index contributed by atoms with van der Waals surface area (Å²) in [4.78, 5) is 16.7.